The van der Waals surface area contributed by atoms with E-state index in [2.05, 4.69) is 0 Å². The molecule has 1 saturated carbocycles. The second-order valence-electron chi connectivity index (χ2n) is 6.32. The van der Waals surface area contributed by atoms with Crippen LogP contribution < -0.4 is 0 Å². The third-order valence-electron chi connectivity index (χ3n) is 3.87. The van der Waals surface area contributed by atoms with Gasteiger partial charge in [0.25, 0.3) is 0 Å². The summed E-state index contributed by atoms with van der Waals surface area (Å²) in [7, 11) is 0. The average molecular weight is 269 g/mol. The Labute approximate surface area is 111 Å². The lowest BCUT2D eigenvalue weighted by molar-refractivity contribution is -0.177. The van der Waals surface area contributed by atoms with Crippen molar-refractivity contribution >= 4 is 17.8 Å². The molecule has 19 heavy (non-hydrogen) atoms. The van der Waals surface area contributed by atoms with Crippen molar-refractivity contribution in [3.05, 3.63) is 0 Å². The molecule has 1 heterocycles. The smallest absolute Gasteiger partial charge is 0.407 e. The van der Waals surface area contributed by atoms with Gasteiger partial charge in [-0.15, -0.1) is 0 Å². The first kappa shape index (κ1) is 13.8. The Hall–Kier alpha value is -1.59. The molecule has 0 aromatic rings. The molecule has 0 radical (unpaired) electrons. The van der Waals surface area contributed by atoms with Gasteiger partial charge < -0.3 is 14.7 Å². The molecule has 1 saturated heterocycles. The van der Waals surface area contributed by atoms with Crippen LogP contribution in [0.3, 0.4) is 0 Å². The summed E-state index contributed by atoms with van der Waals surface area (Å²) in [6.45, 7) is 5.74. The number of carboxylic acid groups (broad SMARTS) is 1. The number of likely N-dealkylation sites (tertiary alicyclic amines) is 1. The number of Topliss-reactive ketones (excluding diaryl/α,β-unsaturated/α-hetero) is 1. The highest BCUT2D eigenvalue weighted by Gasteiger charge is 2.62. The minimum atomic E-state index is -1.04. The Kier molecular flexibility index (Phi) is 3.07. The van der Waals surface area contributed by atoms with Gasteiger partial charge in [-0.1, -0.05) is 0 Å². The van der Waals surface area contributed by atoms with Crippen LogP contribution in [0.25, 0.3) is 0 Å². The zero-order valence-corrected chi connectivity index (χ0v) is 11.4. The van der Waals surface area contributed by atoms with Crippen molar-refractivity contribution < 1.29 is 24.2 Å². The molecule has 0 aromatic carbocycles. The fourth-order valence-corrected chi connectivity index (χ4v) is 2.84. The normalized spacial score (nSPS) is 30.4. The number of hydrogen-bond acceptors (Lipinski definition) is 4. The van der Waals surface area contributed by atoms with Crippen LogP contribution in [0.5, 0.6) is 0 Å². The maximum atomic E-state index is 12.1. The van der Waals surface area contributed by atoms with Crippen LogP contribution in [0.1, 0.15) is 33.6 Å². The second-order valence-corrected chi connectivity index (χ2v) is 6.32. The average Bonchev–Trinajstić information content (AvgIpc) is 2.70. The van der Waals surface area contributed by atoms with Crippen LogP contribution in [0.15, 0.2) is 0 Å². The summed E-state index contributed by atoms with van der Waals surface area (Å²) in [6, 6.07) is 0. The first-order valence-electron chi connectivity index (χ1n) is 6.40. The van der Waals surface area contributed by atoms with Gasteiger partial charge in [-0.3, -0.25) is 9.59 Å². The third-order valence-corrected chi connectivity index (χ3v) is 3.87. The van der Waals surface area contributed by atoms with Crippen LogP contribution in [-0.4, -0.2) is 46.5 Å². The molecule has 0 aromatic heterocycles. The lowest BCUT2D eigenvalue weighted by Crippen LogP contribution is -2.56. The van der Waals surface area contributed by atoms with Crippen LogP contribution in [0.4, 0.5) is 4.79 Å². The molecule has 106 valence electrons. The minimum Gasteiger partial charge on any atom is -0.465 e. The molecule has 2 aliphatic rings. The van der Waals surface area contributed by atoms with Crippen molar-refractivity contribution in [3.8, 4) is 0 Å². The molecular formula is C13H19NO5. The number of hydrogen-bond donors (Lipinski definition) is 1. The van der Waals surface area contributed by atoms with Crippen molar-refractivity contribution in [1.29, 1.82) is 0 Å². The van der Waals surface area contributed by atoms with E-state index in [1.54, 1.807) is 20.8 Å². The van der Waals surface area contributed by atoms with Gasteiger partial charge in [-0.05, 0) is 27.2 Å². The maximum Gasteiger partial charge on any atom is 0.407 e. The van der Waals surface area contributed by atoms with Gasteiger partial charge in [0.1, 0.15) is 11.4 Å². The highest BCUT2D eigenvalue weighted by Crippen LogP contribution is 2.50. The van der Waals surface area contributed by atoms with E-state index in [1.165, 1.54) is 4.90 Å². The van der Waals surface area contributed by atoms with Crippen molar-refractivity contribution in [1.82, 2.24) is 4.90 Å². The molecule has 1 spiro atoms. The Morgan fingerprint density at radius 3 is 2.47 bits per heavy atom. The summed E-state index contributed by atoms with van der Waals surface area (Å²) in [5.41, 5.74) is -1.43. The number of esters is 1. The standard InChI is InChI=1S/C13H19NO5/c1-12(2,3)19-10(16)8-6-9(15)13(8)4-5-14(7-13)11(17)18/h8H,4-7H2,1-3H3,(H,17,18)/t8-,13-/m0/s1. The van der Waals surface area contributed by atoms with E-state index in [4.69, 9.17) is 9.84 Å². The number of rotatable bonds is 1. The van der Waals surface area contributed by atoms with E-state index in [0.29, 0.717) is 13.0 Å². The van der Waals surface area contributed by atoms with Gasteiger partial charge in [-0.25, -0.2) is 4.79 Å². The molecule has 1 aliphatic carbocycles. The summed E-state index contributed by atoms with van der Waals surface area (Å²) in [6.07, 6.45) is -0.454. The molecule has 2 rings (SSSR count). The second kappa shape index (κ2) is 4.21. The molecule has 1 N–H and O–H groups in total. The monoisotopic (exact) mass is 269 g/mol. The number of ether oxygens (including phenoxy) is 1. The molecule has 2 atom stereocenters. The minimum absolute atomic E-state index is 0.0212. The topological polar surface area (TPSA) is 83.9 Å². The van der Waals surface area contributed by atoms with Gasteiger partial charge in [-0.2, -0.15) is 0 Å². The molecule has 0 unspecified atom stereocenters. The summed E-state index contributed by atoms with van der Waals surface area (Å²) in [4.78, 5) is 36.1. The van der Waals surface area contributed by atoms with Crippen molar-refractivity contribution in [2.75, 3.05) is 13.1 Å². The summed E-state index contributed by atoms with van der Waals surface area (Å²) in [5.74, 6) is -0.907. The van der Waals surface area contributed by atoms with Crippen LogP contribution >= 0.6 is 0 Å². The van der Waals surface area contributed by atoms with Crippen molar-refractivity contribution in [2.45, 2.75) is 39.2 Å². The first-order valence-corrected chi connectivity index (χ1v) is 6.40. The third kappa shape index (κ3) is 2.31. The van der Waals surface area contributed by atoms with E-state index in [0.717, 1.165) is 0 Å². The number of ketones is 1. The molecule has 2 fully saturated rings. The zero-order valence-electron chi connectivity index (χ0n) is 11.4. The molecule has 1 amide bonds. The molecule has 6 heteroatoms. The fourth-order valence-electron chi connectivity index (χ4n) is 2.84. The van der Waals surface area contributed by atoms with E-state index < -0.39 is 23.0 Å². The Balaban J connectivity index is 2.10. The molecule has 6 nitrogen and oxygen atoms in total. The summed E-state index contributed by atoms with van der Waals surface area (Å²) in [5, 5.41) is 8.96. The van der Waals surface area contributed by atoms with Gasteiger partial charge >= 0.3 is 12.1 Å². The van der Waals surface area contributed by atoms with Crippen LogP contribution in [0.2, 0.25) is 0 Å². The van der Waals surface area contributed by atoms with Crippen LogP contribution in [0, 0.1) is 11.3 Å². The van der Waals surface area contributed by atoms with Gasteiger partial charge in [0.15, 0.2) is 0 Å². The van der Waals surface area contributed by atoms with Crippen molar-refractivity contribution in [3.63, 3.8) is 0 Å². The highest BCUT2D eigenvalue weighted by atomic mass is 16.6. The largest absolute Gasteiger partial charge is 0.465 e. The fraction of sp³-hybridized carbons (Fsp3) is 0.769. The van der Waals surface area contributed by atoms with E-state index in [-0.39, 0.29) is 24.7 Å². The summed E-state index contributed by atoms with van der Waals surface area (Å²) < 4.78 is 5.32. The SMILES string of the molecule is CC(C)(C)OC(=O)[C@@H]1CC(=O)[C@]12CCN(C(=O)O)C2. The number of carbonyl (C=O) groups excluding carboxylic acids is 2. The van der Waals surface area contributed by atoms with Gasteiger partial charge in [0, 0.05) is 19.5 Å². The van der Waals surface area contributed by atoms with Crippen LogP contribution in [-0.2, 0) is 14.3 Å². The molecular weight excluding hydrogens is 250 g/mol. The Morgan fingerprint density at radius 1 is 1.42 bits per heavy atom. The summed E-state index contributed by atoms with van der Waals surface area (Å²) >= 11 is 0. The lowest BCUT2D eigenvalue weighted by Gasteiger charge is -2.43. The zero-order chi connectivity index (χ0) is 14.4. The highest BCUT2D eigenvalue weighted by molar-refractivity contribution is 6.00. The van der Waals surface area contributed by atoms with Gasteiger partial charge in [0.05, 0.1) is 11.3 Å². The Bertz CT molecular complexity index is 439. The number of carbonyl (C=O) groups is 3. The Morgan fingerprint density at radius 2 is 2.05 bits per heavy atom. The predicted molar refractivity (Wildman–Crippen MR) is 65.6 cm³/mol. The van der Waals surface area contributed by atoms with Gasteiger partial charge in [0.2, 0.25) is 0 Å². The number of nitrogens with zero attached hydrogens (tertiary/aromatic N) is 1. The van der Waals surface area contributed by atoms with E-state index in [9.17, 15) is 14.4 Å². The van der Waals surface area contributed by atoms with E-state index in [1.807, 2.05) is 0 Å². The molecule has 1 aliphatic heterocycles. The predicted octanol–water partition coefficient (Wildman–Crippen LogP) is 1.29. The number of amides is 1. The van der Waals surface area contributed by atoms with E-state index >= 15 is 0 Å². The maximum absolute atomic E-state index is 12.1. The first-order chi connectivity index (χ1) is 8.66. The lowest BCUT2D eigenvalue weighted by atomic mass is 9.58. The van der Waals surface area contributed by atoms with Crippen molar-refractivity contribution in [2.24, 2.45) is 11.3 Å². The quantitative estimate of drug-likeness (QED) is 0.725. The molecule has 0 bridgehead atoms.